The Kier molecular flexibility index (Phi) is 5.31. The highest BCUT2D eigenvalue weighted by Gasteiger charge is 2.21. The molecule has 20 heavy (non-hydrogen) atoms. The van der Waals surface area contributed by atoms with Gasteiger partial charge >= 0.3 is 0 Å². The van der Waals surface area contributed by atoms with Crippen LogP contribution in [0.5, 0.6) is 0 Å². The standard InChI is InChI=1S/C16H24N2O2/c1-11-6-8-13(9-7-11)12(2)18-14(19)10-17-15(20)16(3,4)5/h6-9,12H,10H2,1-5H3,(H,17,20)(H,18,19). The van der Waals surface area contributed by atoms with Crippen LogP contribution in [0.15, 0.2) is 24.3 Å². The minimum absolute atomic E-state index is 0.00625. The van der Waals surface area contributed by atoms with Gasteiger partial charge in [-0.3, -0.25) is 9.59 Å². The number of aryl methyl sites for hydroxylation is 1. The highest BCUT2D eigenvalue weighted by molar-refractivity contribution is 5.87. The first-order valence-corrected chi connectivity index (χ1v) is 6.84. The molecule has 0 aliphatic rings. The minimum atomic E-state index is -0.483. The molecule has 0 aliphatic carbocycles. The molecule has 0 fully saturated rings. The quantitative estimate of drug-likeness (QED) is 0.886. The number of rotatable bonds is 4. The summed E-state index contributed by atoms with van der Waals surface area (Å²) in [4.78, 5) is 23.5. The summed E-state index contributed by atoms with van der Waals surface area (Å²) < 4.78 is 0. The van der Waals surface area contributed by atoms with E-state index in [-0.39, 0.29) is 24.4 Å². The average molecular weight is 276 g/mol. The molecule has 0 heterocycles. The van der Waals surface area contributed by atoms with Crippen LogP contribution in [-0.4, -0.2) is 18.4 Å². The first-order chi connectivity index (χ1) is 9.20. The molecule has 4 heteroatoms. The number of amides is 2. The zero-order valence-corrected chi connectivity index (χ0v) is 12.9. The van der Waals surface area contributed by atoms with E-state index in [1.165, 1.54) is 5.56 Å². The van der Waals surface area contributed by atoms with Gasteiger partial charge in [-0.25, -0.2) is 0 Å². The lowest BCUT2D eigenvalue weighted by Gasteiger charge is -2.19. The molecule has 0 spiro atoms. The van der Waals surface area contributed by atoms with E-state index in [2.05, 4.69) is 10.6 Å². The van der Waals surface area contributed by atoms with Crippen LogP contribution in [-0.2, 0) is 9.59 Å². The summed E-state index contributed by atoms with van der Waals surface area (Å²) in [6.07, 6.45) is 0. The second kappa shape index (κ2) is 6.55. The lowest BCUT2D eigenvalue weighted by Crippen LogP contribution is -2.42. The summed E-state index contributed by atoms with van der Waals surface area (Å²) in [6, 6.07) is 7.94. The van der Waals surface area contributed by atoms with Gasteiger partial charge in [-0.05, 0) is 19.4 Å². The molecule has 0 bridgehead atoms. The molecule has 2 amide bonds. The fraction of sp³-hybridized carbons (Fsp3) is 0.500. The summed E-state index contributed by atoms with van der Waals surface area (Å²) in [5.41, 5.74) is 1.75. The predicted octanol–water partition coefficient (Wildman–Crippen LogP) is 2.33. The Morgan fingerprint density at radius 3 is 2.20 bits per heavy atom. The van der Waals surface area contributed by atoms with Gasteiger partial charge in [0.25, 0.3) is 0 Å². The third-order valence-electron chi connectivity index (χ3n) is 3.05. The van der Waals surface area contributed by atoms with Crippen molar-refractivity contribution in [2.24, 2.45) is 5.41 Å². The molecule has 1 unspecified atom stereocenters. The summed E-state index contributed by atoms with van der Waals surface area (Å²) in [5, 5.41) is 5.51. The largest absolute Gasteiger partial charge is 0.348 e. The molecule has 2 N–H and O–H groups in total. The van der Waals surface area contributed by atoms with E-state index in [0.29, 0.717) is 0 Å². The van der Waals surface area contributed by atoms with Gasteiger partial charge in [-0.15, -0.1) is 0 Å². The van der Waals surface area contributed by atoms with Gasteiger partial charge in [-0.2, -0.15) is 0 Å². The van der Waals surface area contributed by atoms with E-state index >= 15 is 0 Å². The Balaban J connectivity index is 2.46. The Morgan fingerprint density at radius 2 is 1.70 bits per heavy atom. The molecule has 1 aromatic carbocycles. The van der Waals surface area contributed by atoms with Crippen molar-refractivity contribution >= 4 is 11.8 Å². The van der Waals surface area contributed by atoms with Crippen molar-refractivity contribution in [3.05, 3.63) is 35.4 Å². The minimum Gasteiger partial charge on any atom is -0.348 e. The van der Waals surface area contributed by atoms with Crippen molar-refractivity contribution in [2.75, 3.05) is 6.54 Å². The lowest BCUT2D eigenvalue weighted by atomic mass is 9.96. The van der Waals surface area contributed by atoms with Crippen LogP contribution in [0.4, 0.5) is 0 Å². The first-order valence-electron chi connectivity index (χ1n) is 6.84. The number of carbonyl (C=O) groups excluding carboxylic acids is 2. The number of nitrogens with one attached hydrogen (secondary N) is 2. The van der Waals surface area contributed by atoms with Gasteiger partial charge in [0, 0.05) is 5.41 Å². The predicted molar refractivity (Wildman–Crippen MR) is 80.2 cm³/mol. The van der Waals surface area contributed by atoms with Crippen molar-refractivity contribution < 1.29 is 9.59 Å². The highest BCUT2D eigenvalue weighted by atomic mass is 16.2. The van der Waals surface area contributed by atoms with Gasteiger partial charge in [0.2, 0.25) is 11.8 Å². The van der Waals surface area contributed by atoms with Crippen LogP contribution in [0, 0.1) is 12.3 Å². The molecule has 0 aliphatic heterocycles. The zero-order chi connectivity index (χ0) is 15.3. The van der Waals surface area contributed by atoms with Crippen molar-refractivity contribution in [3.63, 3.8) is 0 Å². The lowest BCUT2D eigenvalue weighted by molar-refractivity contribution is -0.131. The Labute approximate surface area is 121 Å². The molecule has 4 nitrogen and oxygen atoms in total. The topological polar surface area (TPSA) is 58.2 Å². The molecule has 1 aromatic rings. The number of hydrogen-bond donors (Lipinski definition) is 2. The van der Waals surface area contributed by atoms with Crippen molar-refractivity contribution in [1.29, 1.82) is 0 Å². The van der Waals surface area contributed by atoms with Crippen molar-refractivity contribution in [2.45, 2.75) is 40.7 Å². The molecule has 0 radical (unpaired) electrons. The molecular formula is C16H24N2O2. The molecular weight excluding hydrogens is 252 g/mol. The van der Waals surface area contributed by atoms with E-state index in [4.69, 9.17) is 0 Å². The van der Waals surface area contributed by atoms with Gasteiger partial charge in [0.1, 0.15) is 0 Å². The second-order valence-corrected chi connectivity index (χ2v) is 6.13. The van der Waals surface area contributed by atoms with Crippen LogP contribution in [0.25, 0.3) is 0 Å². The van der Waals surface area contributed by atoms with Crippen LogP contribution < -0.4 is 10.6 Å². The second-order valence-electron chi connectivity index (χ2n) is 6.13. The van der Waals surface area contributed by atoms with E-state index in [1.807, 2.05) is 58.9 Å². The summed E-state index contributed by atoms with van der Waals surface area (Å²) in [7, 11) is 0. The monoisotopic (exact) mass is 276 g/mol. The van der Waals surface area contributed by atoms with Gasteiger partial charge in [0.05, 0.1) is 12.6 Å². The Hall–Kier alpha value is -1.84. The first kappa shape index (κ1) is 16.2. The Morgan fingerprint density at radius 1 is 1.15 bits per heavy atom. The van der Waals surface area contributed by atoms with Crippen LogP contribution in [0.3, 0.4) is 0 Å². The van der Waals surface area contributed by atoms with E-state index < -0.39 is 5.41 Å². The molecule has 1 rings (SSSR count). The van der Waals surface area contributed by atoms with Crippen LogP contribution in [0.1, 0.15) is 44.9 Å². The molecule has 0 aromatic heterocycles. The zero-order valence-electron chi connectivity index (χ0n) is 12.9. The third kappa shape index (κ3) is 5.03. The normalized spacial score (nSPS) is 12.7. The summed E-state index contributed by atoms with van der Waals surface area (Å²) in [5.74, 6) is -0.314. The van der Waals surface area contributed by atoms with Crippen molar-refractivity contribution in [1.82, 2.24) is 10.6 Å². The van der Waals surface area contributed by atoms with E-state index in [9.17, 15) is 9.59 Å². The Bertz CT molecular complexity index is 472. The van der Waals surface area contributed by atoms with Gasteiger partial charge < -0.3 is 10.6 Å². The SMILES string of the molecule is Cc1ccc(C(C)NC(=O)CNC(=O)C(C)(C)C)cc1. The van der Waals surface area contributed by atoms with Crippen molar-refractivity contribution in [3.8, 4) is 0 Å². The molecule has 110 valence electrons. The highest BCUT2D eigenvalue weighted by Crippen LogP contribution is 2.13. The van der Waals surface area contributed by atoms with E-state index in [0.717, 1.165) is 5.56 Å². The molecule has 0 saturated carbocycles. The molecule has 1 atom stereocenters. The maximum Gasteiger partial charge on any atom is 0.239 e. The molecule has 0 saturated heterocycles. The third-order valence-corrected chi connectivity index (χ3v) is 3.05. The maximum atomic E-state index is 11.8. The fourth-order valence-electron chi connectivity index (χ4n) is 1.66. The smallest absolute Gasteiger partial charge is 0.239 e. The number of hydrogen-bond acceptors (Lipinski definition) is 2. The van der Waals surface area contributed by atoms with Gasteiger partial charge in [-0.1, -0.05) is 50.6 Å². The summed E-state index contributed by atoms with van der Waals surface area (Å²) >= 11 is 0. The fourth-order valence-corrected chi connectivity index (χ4v) is 1.66. The average Bonchev–Trinajstić information content (AvgIpc) is 2.35. The summed E-state index contributed by atoms with van der Waals surface area (Å²) in [6.45, 7) is 9.40. The number of benzene rings is 1. The van der Waals surface area contributed by atoms with E-state index in [1.54, 1.807) is 0 Å². The van der Waals surface area contributed by atoms with Crippen LogP contribution >= 0.6 is 0 Å². The number of carbonyl (C=O) groups is 2. The maximum absolute atomic E-state index is 11.8. The van der Waals surface area contributed by atoms with Gasteiger partial charge in [0.15, 0.2) is 0 Å². The van der Waals surface area contributed by atoms with Crippen LogP contribution in [0.2, 0.25) is 0 Å².